The molecule has 18 heavy (non-hydrogen) atoms. The van der Waals surface area contributed by atoms with E-state index in [0.717, 1.165) is 10.0 Å². The molecule has 0 unspecified atom stereocenters. The molecule has 1 aromatic heterocycles. The van der Waals surface area contributed by atoms with Gasteiger partial charge in [0.05, 0.1) is 0 Å². The highest BCUT2D eigenvalue weighted by molar-refractivity contribution is 9.10. The van der Waals surface area contributed by atoms with Crippen molar-refractivity contribution in [2.24, 2.45) is 0 Å². The molecule has 0 spiro atoms. The second kappa shape index (κ2) is 6.54. The molecule has 98 valence electrons. The van der Waals surface area contributed by atoms with E-state index in [2.05, 4.69) is 22.5 Å². The summed E-state index contributed by atoms with van der Waals surface area (Å²) in [5.41, 5.74) is 0.740. The van der Waals surface area contributed by atoms with Crippen LogP contribution in [0.1, 0.15) is 13.8 Å². The van der Waals surface area contributed by atoms with Crippen molar-refractivity contribution in [3.8, 4) is 0 Å². The summed E-state index contributed by atoms with van der Waals surface area (Å²) in [5, 5.41) is 0. The molecule has 0 fully saturated rings. The second-order valence-corrected chi connectivity index (χ2v) is 5.09. The number of carbonyl (C=O) groups is 1. The Bertz CT molecular complexity index is 508. The third-order valence-electron chi connectivity index (χ3n) is 2.45. The van der Waals surface area contributed by atoms with Gasteiger partial charge in [-0.2, -0.15) is 0 Å². The molecule has 1 aromatic rings. The SMILES string of the molecule is C=C(C)CN(CC)C(=O)Cn1cc(Br)ccc1=O. The first-order valence-corrected chi connectivity index (χ1v) is 6.51. The molecule has 0 aliphatic heterocycles. The van der Waals surface area contributed by atoms with Gasteiger partial charge < -0.3 is 9.47 Å². The third kappa shape index (κ3) is 4.14. The lowest BCUT2D eigenvalue weighted by Gasteiger charge is -2.21. The van der Waals surface area contributed by atoms with Crippen LogP contribution in [0.2, 0.25) is 0 Å². The minimum absolute atomic E-state index is 0.0550. The number of rotatable bonds is 5. The molecule has 5 heteroatoms. The van der Waals surface area contributed by atoms with Gasteiger partial charge in [-0.1, -0.05) is 12.2 Å². The maximum atomic E-state index is 12.1. The van der Waals surface area contributed by atoms with Crippen LogP contribution in [0, 0.1) is 0 Å². The number of aromatic nitrogens is 1. The molecule has 1 heterocycles. The first-order valence-electron chi connectivity index (χ1n) is 5.72. The molecule has 0 aliphatic carbocycles. The summed E-state index contributed by atoms with van der Waals surface area (Å²) in [5.74, 6) is -0.0827. The van der Waals surface area contributed by atoms with Crippen LogP contribution in [0.3, 0.4) is 0 Å². The highest BCUT2D eigenvalue weighted by Gasteiger charge is 2.12. The number of carbonyl (C=O) groups excluding carboxylic acids is 1. The molecule has 1 rings (SSSR count). The van der Waals surface area contributed by atoms with Gasteiger partial charge in [0, 0.05) is 29.8 Å². The summed E-state index contributed by atoms with van der Waals surface area (Å²) in [6.07, 6.45) is 1.62. The van der Waals surface area contributed by atoms with Crippen LogP contribution in [0.4, 0.5) is 0 Å². The van der Waals surface area contributed by atoms with E-state index in [1.165, 1.54) is 10.6 Å². The average molecular weight is 313 g/mol. The second-order valence-electron chi connectivity index (χ2n) is 4.18. The molecular formula is C13H17BrN2O2. The Kier molecular flexibility index (Phi) is 5.34. The Morgan fingerprint density at radius 1 is 1.50 bits per heavy atom. The maximum Gasteiger partial charge on any atom is 0.251 e. The van der Waals surface area contributed by atoms with Gasteiger partial charge in [0.15, 0.2) is 0 Å². The zero-order chi connectivity index (χ0) is 13.7. The van der Waals surface area contributed by atoms with Crippen LogP contribution in [-0.4, -0.2) is 28.5 Å². The largest absolute Gasteiger partial charge is 0.337 e. The Hall–Kier alpha value is -1.36. The van der Waals surface area contributed by atoms with Crippen LogP contribution in [0.5, 0.6) is 0 Å². The highest BCUT2D eigenvalue weighted by Crippen LogP contribution is 2.05. The number of hydrogen-bond donors (Lipinski definition) is 0. The standard InChI is InChI=1S/C13H17BrN2O2/c1-4-15(7-10(2)3)13(18)9-16-8-11(14)5-6-12(16)17/h5-6,8H,2,4,7,9H2,1,3H3. The van der Waals surface area contributed by atoms with E-state index < -0.39 is 0 Å². The van der Waals surface area contributed by atoms with Crippen molar-refractivity contribution in [2.45, 2.75) is 20.4 Å². The van der Waals surface area contributed by atoms with Gasteiger partial charge in [0.2, 0.25) is 5.91 Å². The predicted molar refractivity (Wildman–Crippen MR) is 75.5 cm³/mol. The van der Waals surface area contributed by atoms with Crippen molar-refractivity contribution in [1.82, 2.24) is 9.47 Å². The lowest BCUT2D eigenvalue weighted by molar-refractivity contribution is -0.131. The molecule has 0 saturated carbocycles. The van der Waals surface area contributed by atoms with Gasteiger partial charge in [-0.3, -0.25) is 9.59 Å². The van der Waals surface area contributed by atoms with E-state index in [1.54, 1.807) is 17.2 Å². The molecule has 0 aliphatic rings. The van der Waals surface area contributed by atoms with Crippen molar-refractivity contribution in [3.05, 3.63) is 45.3 Å². The summed E-state index contributed by atoms with van der Waals surface area (Å²) in [6.45, 7) is 8.76. The lowest BCUT2D eigenvalue weighted by Crippen LogP contribution is -2.37. The van der Waals surface area contributed by atoms with E-state index in [1.807, 2.05) is 13.8 Å². The Morgan fingerprint density at radius 2 is 2.17 bits per heavy atom. The number of pyridine rings is 1. The summed E-state index contributed by atoms with van der Waals surface area (Å²) < 4.78 is 2.17. The summed E-state index contributed by atoms with van der Waals surface area (Å²) >= 11 is 3.28. The van der Waals surface area contributed by atoms with Gasteiger partial charge >= 0.3 is 0 Å². The first-order chi connectivity index (χ1) is 8.43. The van der Waals surface area contributed by atoms with Crippen molar-refractivity contribution < 1.29 is 4.79 Å². The van der Waals surface area contributed by atoms with Gasteiger partial charge in [-0.05, 0) is 35.8 Å². The fourth-order valence-electron chi connectivity index (χ4n) is 1.57. The zero-order valence-corrected chi connectivity index (χ0v) is 12.2. The van der Waals surface area contributed by atoms with Crippen LogP contribution < -0.4 is 5.56 Å². The van der Waals surface area contributed by atoms with Crippen molar-refractivity contribution >= 4 is 21.8 Å². The first kappa shape index (κ1) is 14.7. The minimum Gasteiger partial charge on any atom is -0.337 e. The van der Waals surface area contributed by atoms with Crippen molar-refractivity contribution in [3.63, 3.8) is 0 Å². The molecule has 0 atom stereocenters. The molecule has 0 N–H and O–H groups in total. The molecular weight excluding hydrogens is 296 g/mol. The van der Waals surface area contributed by atoms with Gasteiger partial charge in [0.1, 0.15) is 6.54 Å². The van der Waals surface area contributed by atoms with Crippen molar-refractivity contribution in [2.75, 3.05) is 13.1 Å². The monoisotopic (exact) mass is 312 g/mol. The molecule has 0 saturated heterocycles. The smallest absolute Gasteiger partial charge is 0.251 e. The van der Waals surface area contributed by atoms with Crippen LogP contribution in [0.15, 0.2) is 39.7 Å². The topological polar surface area (TPSA) is 42.3 Å². The quantitative estimate of drug-likeness (QED) is 0.781. The number of halogens is 1. The van der Waals surface area contributed by atoms with E-state index >= 15 is 0 Å². The normalized spacial score (nSPS) is 10.2. The predicted octanol–water partition coefficient (Wildman–Crippen LogP) is 2.04. The Balaban J connectivity index is 2.82. The number of amides is 1. The van der Waals surface area contributed by atoms with E-state index in [-0.39, 0.29) is 18.0 Å². The number of hydrogen-bond acceptors (Lipinski definition) is 2. The van der Waals surface area contributed by atoms with Crippen LogP contribution in [0.25, 0.3) is 0 Å². The molecule has 0 aromatic carbocycles. The fraction of sp³-hybridized carbons (Fsp3) is 0.385. The minimum atomic E-state index is -0.182. The van der Waals surface area contributed by atoms with Crippen molar-refractivity contribution in [1.29, 1.82) is 0 Å². The van der Waals surface area contributed by atoms with Crippen LogP contribution in [-0.2, 0) is 11.3 Å². The Labute approximate surface area is 115 Å². The van der Waals surface area contributed by atoms with E-state index in [0.29, 0.717) is 13.1 Å². The molecule has 4 nitrogen and oxygen atoms in total. The van der Waals surface area contributed by atoms with E-state index in [4.69, 9.17) is 0 Å². The molecule has 0 radical (unpaired) electrons. The average Bonchev–Trinajstić information content (AvgIpc) is 2.30. The highest BCUT2D eigenvalue weighted by atomic mass is 79.9. The van der Waals surface area contributed by atoms with Gasteiger partial charge in [-0.25, -0.2) is 0 Å². The van der Waals surface area contributed by atoms with Crippen LogP contribution >= 0.6 is 15.9 Å². The fourth-order valence-corrected chi connectivity index (χ4v) is 1.95. The maximum absolute atomic E-state index is 12.1. The van der Waals surface area contributed by atoms with E-state index in [9.17, 15) is 9.59 Å². The number of nitrogens with zero attached hydrogens (tertiary/aromatic N) is 2. The lowest BCUT2D eigenvalue weighted by atomic mass is 10.3. The zero-order valence-electron chi connectivity index (χ0n) is 10.6. The summed E-state index contributed by atoms with van der Waals surface area (Å²) in [4.78, 5) is 25.3. The summed E-state index contributed by atoms with van der Waals surface area (Å²) in [6, 6.07) is 3.10. The molecule has 0 bridgehead atoms. The van der Waals surface area contributed by atoms with Gasteiger partial charge in [-0.15, -0.1) is 0 Å². The molecule has 1 amide bonds. The third-order valence-corrected chi connectivity index (χ3v) is 2.92. The van der Waals surface area contributed by atoms with Gasteiger partial charge in [0.25, 0.3) is 5.56 Å². The summed E-state index contributed by atoms with van der Waals surface area (Å²) in [7, 11) is 0. The Morgan fingerprint density at radius 3 is 2.72 bits per heavy atom. The number of likely N-dealkylation sites (N-methyl/N-ethyl adjacent to an activating group) is 1.